The minimum atomic E-state index is -0.327. The lowest BCUT2D eigenvalue weighted by Crippen LogP contribution is -2.24. The lowest BCUT2D eigenvalue weighted by Gasteiger charge is -2.14. The molecule has 1 atom stereocenters. The van der Waals surface area contributed by atoms with Crippen molar-refractivity contribution in [1.29, 1.82) is 0 Å². The molecule has 1 unspecified atom stereocenters. The summed E-state index contributed by atoms with van der Waals surface area (Å²) in [5, 5.41) is 7.84. The predicted octanol–water partition coefficient (Wildman–Crippen LogP) is 6.17. The third-order valence-electron chi connectivity index (χ3n) is 4.90. The minimum Gasteiger partial charge on any atom is -0.496 e. The van der Waals surface area contributed by atoms with Crippen molar-refractivity contribution in [1.82, 2.24) is 4.98 Å². The first kappa shape index (κ1) is 23.6. The van der Waals surface area contributed by atoms with Gasteiger partial charge in [0.1, 0.15) is 5.75 Å². The number of hydrogen-bond acceptors (Lipinski definition) is 7. The number of ether oxygens (including phenoxy) is 1. The fourth-order valence-electron chi connectivity index (χ4n) is 3.23. The standard InChI is InChI=1S/C25H23N3O4S2/c1-3-22(34-17-9-6-8-16(14-17)26-23(29)21-12-7-13-32-21)24(30)28-25-27-19(15-33-25)18-10-4-5-11-20(18)31-2/h4-15,22H,3H2,1-2H3,(H,26,29)(H,27,28,30). The van der Waals surface area contributed by atoms with E-state index in [1.165, 1.54) is 29.4 Å². The third-order valence-corrected chi connectivity index (χ3v) is 7.01. The number of benzene rings is 2. The Bertz CT molecular complexity index is 1270. The molecule has 4 rings (SSSR count). The van der Waals surface area contributed by atoms with Crippen LogP contribution in [0, 0.1) is 0 Å². The number of anilines is 2. The van der Waals surface area contributed by atoms with E-state index in [4.69, 9.17) is 9.15 Å². The Morgan fingerprint density at radius 1 is 1.12 bits per heavy atom. The number of carbonyl (C=O) groups is 2. The number of rotatable bonds is 9. The largest absolute Gasteiger partial charge is 0.496 e. The summed E-state index contributed by atoms with van der Waals surface area (Å²) in [5.41, 5.74) is 2.25. The van der Waals surface area contributed by atoms with Gasteiger partial charge in [-0.3, -0.25) is 9.59 Å². The number of thiazole rings is 1. The number of methoxy groups -OCH3 is 1. The van der Waals surface area contributed by atoms with E-state index in [1.54, 1.807) is 25.3 Å². The molecule has 4 aromatic rings. The quantitative estimate of drug-likeness (QED) is 0.271. The number of carbonyl (C=O) groups excluding carboxylic acids is 2. The second kappa shape index (κ2) is 11.0. The predicted molar refractivity (Wildman–Crippen MR) is 136 cm³/mol. The summed E-state index contributed by atoms with van der Waals surface area (Å²) >= 11 is 2.80. The molecule has 2 aromatic carbocycles. The fraction of sp³-hybridized carbons (Fsp3) is 0.160. The van der Waals surface area contributed by atoms with Crippen LogP contribution in [0.1, 0.15) is 23.9 Å². The number of para-hydroxylation sites is 1. The van der Waals surface area contributed by atoms with Crippen LogP contribution in [-0.4, -0.2) is 29.2 Å². The minimum absolute atomic E-state index is 0.126. The van der Waals surface area contributed by atoms with Crippen molar-refractivity contribution < 1.29 is 18.7 Å². The van der Waals surface area contributed by atoms with Gasteiger partial charge in [-0.1, -0.05) is 25.1 Å². The highest BCUT2D eigenvalue weighted by atomic mass is 32.2. The zero-order valence-corrected chi connectivity index (χ0v) is 20.2. The van der Waals surface area contributed by atoms with Crippen LogP contribution in [0.5, 0.6) is 5.75 Å². The van der Waals surface area contributed by atoms with Gasteiger partial charge < -0.3 is 19.8 Å². The molecule has 0 radical (unpaired) electrons. The molecular formula is C25H23N3O4S2. The first-order chi connectivity index (χ1) is 16.6. The highest BCUT2D eigenvalue weighted by Gasteiger charge is 2.20. The molecule has 0 bridgehead atoms. The van der Waals surface area contributed by atoms with Crippen molar-refractivity contribution in [2.24, 2.45) is 0 Å². The zero-order chi connectivity index (χ0) is 23.9. The maximum atomic E-state index is 13.0. The Kier molecular flexibility index (Phi) is 7.66. The molecule has 0 aliphatic heterocycles. The Morgan fingerprint density at radius 2 is 1.97 bits per heavy atom. The number of amides is 2. The van der Waals surface area contributed by atoms with E-state index in [0.29, 0.717) is 17.2 Å². The number of thioether (sulfide) groups is 1. The first-order valence-corrected chi connectivity index (χ1v) is 12.3. The molecule has 2 heterocycles. The average Bonchev–Trinajstić information content (AvgIpc) is 3.55. The third kappa shape index (κ3) is 5.67. The van der Waals surface area contributed by atoms with Crippen LogP contribution in [0.2, 0.25) is 0 Å². The summed E-state index contributed by atoms with van der Waals surface area (Å²) in [6, 6.07) is 18.3. The van der Waals surface area contributed by atoms with Gasteiger partial charge in [-0.25, -0.2) is 4.98 Å². The summed E-state index contributed by atoms with van der Waals surface area (Å²) in [6.07, 6.45) is 2.08. The van der Waals surface area contributed by atoms with E-state index in [2.05, 4.69) is 15.6 Å². The van der Waals surface area contributed by atoms with Crippen molar-refractivity contribution in [3.05, 3.63) is 78.1 Å². The SMILES string of the molecule is CCC(Sc1cccc(NC(=O)c2ccco2)c1)C(=O)Nc1nc(-c2ccccc2OC)cs1. The van der Waals surface area contributed by atoms with Gasteiger partial charge >= 0.3 is 0 Å². The summed E-state index contributed by atoms with van der Waals surface area (Å²) in [6.45, 7) is 1.96. The van der Waals surface area contributed by atoms with E-state index < -0.39 is 0 Å². The number of aromatic nitrogens is 1. The molecule has 2 amide bonds. The van der Waals surface area contributed by atoms with Gasteiger partial charge in [0.15, 0.2) is 10.9 Å². The van der Waals surface area contributed by atoms with Crippen LogP contribution in [0.3, 0.4) is 0 Å². The van der Waals surface area contributed by atoms with Crippen molar-refractivity contribution in [2.75, 3.05) is 17.7 Å². The second-order valence-electron chi connectivity index (χ2n) is 7.20. The smallest absolute Gasteiger partial charge is 0.291 e. The summed E-state index contributed by atoms with van der Waals surface area (Å²) in [7, 11) is 1.62. The zero-order valence-electron chi connectivity index (χ0n) is 18.6. The Morgan fingerprint density at radius 3 is 2.74 bits per heavy atom. The maximum absolute atomic E-state index is 13.0. The number of nitrogens with zero attached hydrogens (tertiary/aromatic N) is 1. The number of hydrogen-bond donors (Lipinski definition) is 2. The highest BCUT2D eigenvalue weighted by molar-refractivity contribution is 8.00. The normalized spacial score (nSPS) is 11.6. The molecule has 7 nitrogen and oxygen atoms in total. The summed E-state index contributed by atoms with van der Waals surface area (Å²) in [5.74, 6) is 0.511. The molecule has 0 saturated carbocycles. The molecule has 0 fully saturated rings. The van der Waals surface area contributed by atoms with Crippen molar-refractivity contribution >= 4 is 45.7 Å². The topological polar surface area (TPSA) is 93.5 Å². The summed E-state index contributed by atoms with van der Waals surface area (Å²) < 4.78 is 10.5. The van der Waals surface area contributed by atoms with Crippen LogP contribution in [-0.2, 0) is 4.79 Å². The van der Waals surface area contributed by atoms with E-state index in [0.717, 1.165) is 21.9 Å². The molecule has 9 heteroatoms. The van der Waals surface area contributed by atoms with Crippen LogP contribution in [0.15, 0.2) is 81.6 Å². The molecule has 0 saturated heterocycles. The first-order valence-electron chi connectivity index (χ1n) is 10.6. The molecule has 34 heavy (non-hydrogen) atoms. The van der Waals surface area contributed by atoms with Gasteiger partial charge in [0.2, 0.25) is 5.91 Å². The molecule has 0 aliphatic rings. The van der Waals surface area contributed by atoms with Gasteiger partial charge in [0.25, 0.3) is 5.91 Å². The highest BCUT2D eigenvalue weighted by Crippen LogP contribution is 2.33. The van der Waals surface area contributed by atoms with Gasteiger partial charge in [0.05, 0.1) is 24.3 Å². The van der Waals surface area contributed by atoms with Crippen molar-refractivity contribution in [3.63, 3.8) is 0 Å². The van der Waals surface area contributed by atoms with E-state index in [-0.39, 0.29) is 22.8 Å². The number of furan rings is 1. The van der Waals surface area contributed by atoms with Crippen LogP contribution in [0.4, 0.5) is 10.8 Å². The Hall–Kier alpha value is -3.56. The molecule has 0 aliphatic carbocycles. The van der Waals surface area contributed by atoms with Gasteiger partial charge in [0, 0.05) is 21.5 Å². The van der Waals surface area contributed by atoms with Gasteiger partial charge in [-0.15, -0.1) is 23.1 Å². The van der Waals surface area contributed by atoms with Crippen LogP contribution < -0.4 is 15.4 Å². The molecule has 2 aromatic heterocycles. The molecule has 2 N–H and O–H groups in total. The van der Waals surface area contributed by atoms with Gasteiger partial charge in [-0.2, -0.15) is 0 Å². The molecule has 174 valence electrons. The van der Waals surface area contributed by atoms with Crippen molar-refractivity contribution in [3.8, 4) is 17.0 Å². The lowest BCUT2D eigenvalue weighted by atomic mass is 10.1. The molecular weight excluding hydrogens is 470 g/mol. The van der Waals surface area contributed by atoms with Crippen LogP contribution >= 0.6 is 23.1 Å². The monoisotopic (exact) mass is 493 g/mol. The van der Waals surface area contributed by atoms with E-state index in [1.807, 2.05) is 54.8 Å². The molecule has 0 spiro atoms. The van der Waals surface area contributed by atoms with E-state index >= 15 is 0 Å². The maximum Gasteiger partial charge on any atom is 0.291 e. The fourth-order valence-corrected chi connectivity index (χ4v) is 4.96. The average molecular weight is 494 g/mol. The lowest BCUT2D eigenvalue weighted by molar-refractivity contribution is -0.115. The van der Waals surface area contributed by atoms with Gasteiger partial charge in [-0.05, 0) is 48.9 Å². The summed E-state index contributed by atoms with van der Waals surface area (Å²) in [4.78, 5) is 30.6. The van der Waals surface area contributed by atoms with E-state index in [9.17, 15) is 9.59 Å². The Balaban J connectivity index is 1.41. The van der Waals surface area contributed by atoms with Crippen molar-refractivity contribution in [2.45, 2.75) is 23.5 Å². The number of nitrogens with one attached hydrogen (secondary N) is 2. The van der Waals surface area contributed by atoms with Crippen LogP contribution in [0.25, 0.3) is 11.3 Å². The second-order valence-corrected chi connectivity index (χ2v) is 9.34. The Labute approximate surface area is 205 Å².